The Morgan fingerprint density at radius 3 is 2.55 bits per heavy atom. The number of fused-ring (bicyclic) bond motifs is 5. The van der Waals surface area contributed by atoms with Gasteiger partial charge in [0.2, 0.25) is 0 Å². The van der Waals surface area contributed by atoms with E-state index in [1.807, 2.05) is 0 Å². The van der Waals surface area contributed by atoms with Gasteiger partial charge in [0.15, 0.2) is 11.5 Å². The third-order valence-electron chi connectivity index (χ3n) is 10.4. The van der Waals surface area contributed by atoms with E-state index in [9.17, 15) is 9.59 Å². The molecule has 2 N–H and O–H groups in total. The molecule has 0 spiro atoms. The summed E-state index contributed by atoms with van der Waals surface area (Å²) >= 11 is 0. The maximum absolute atomic E-state index is 13.3. The first kappa shape index (κ1) is 21.1. The number of aromatic nitrogens is 3. The summed E-state index contributed by atoms with van der Waals surface area (Å²) in [6, 6.07) is 0. The van der Waals surface area contributed by atoms with E-state index in [4.69, 9.17) is 5.73 Å². The molecule has 0 radical (unpaired) electrons. The van der Waals surface area contributed by atoms with Crippen LogP contribution in [-0.2, 0) is 11.3 Å². The first-order valence-corrected chi connectivity index (χ1v) is 12.4. The minimum atomic E-state index is -0.605. The molecule has 0 aromatic carbocycles. The van der Waals surface area contributed by atoms with Crippen molar-refractivity contribution in [1.82, 2.24) is 15.0 Å². The lowest BCUT2D eigenvalue weighted by atomic mass is 9.44. The fourth-order valence-electron chi connectivity index (χ4n) is 8.76. The van der Waals surface area contributed by atoms with E-state index in [0.29, 0.717) is 11.3 Å². The summed E-state index contributed by atoms with van der Waals surface area (Å²) in [5.74, 6) is 3.85. The number of nitrogens with two attached hydrogens (primary N) is 1. The third kappa shape index (κ3) is 3.27. The minimum absolute atomic E-state index is 0.0941. The molecule has 4 saturated carbocycles. The molecule has 1 amide bonds. The highest BCUT2D eigenvalue weighted by Crippen LogP contribution is 2.67. The molecule has 8 unspecified atom stereocenters. The summed E-state index contributed by atoms with van der Waals surface area (Å²) in [6.07, 6.45) is 13.1. The fraction of sp³-hybridized carbons (Fsp3) is 0.840. The zero-order valence-electron chi connectivity index (χ0n) is 19.3. The lowest BCUT2D eigenvalue weighted by Crippen LogP contribution is -2.53. The van der Waals surface area contributed by atoms with Crippen molar-refractivity contribution < 1.29 is 9.59 Å². The second kappa shape index (κ2) is 7.41. The Hall–Kier alpha value is -1.72. The molecule has 4 aliphatic rings. The summed E-state index contributed by atoms with van der Waals surface area (Å²) in [5, 5.41) is 7.73. The number of rotatable bonds is 4. The van der Waals surface area contributed by atoms with Crippen LogP contribution in [0, 0.1) is 46.3 Å². The van der Waals surface area contributed by atoms with Crippen molar-refractivity contribution in [3.63, 3.8) is 0 Å². The number of Topliss-reactive ketones (excluding diaryl/α,β-unsaturated/α-hetero) is 1. The van der Waals surface area contributed by atoms with E-state index in [2.05, 4.69) is 31.1 Å². The monoisotopic (exact) mass is 426 g/mol. The number of carbonyl (C=O) groups excluding carboxylic acids is 2. The molecular weight excluding hydrogens is 388 g/mol. The highest BCUT2D eigenvalue weighted by Gasteiger charge is 2.60. The molecule has 8 atom stereocenters. The molecule has 31 heavy (non-hydrogen) atoms. The van der Waals surface area contributed by atoms with Crippen LogP contribution < -0.4 is 5.73 Å². The maximum atomic E-state index is 13.3. The Balaban J connectivity index is 1.32. The number of primary amides is 1. The van der Waals surface area contributed by atoms with Gasteiger partial charge in [0, 0.05) is 5.92 Å². The number of carbonyl (C=O) groups is 2. The second-order valence-corrected chi connectivity index (χ2v) is 11.8. The molecule has 6 heteroatoms. The van der Waals surface area contributed by atoms with Gasteiger partial charge in [-0.05, 0) is 91.8 Å². The van der Waals surface area contributed by atoms with E-state index >= 15 is 0 Å². The summed E-state index contributed by atoms with van der Waals surface area (Å²) < 4.78 is 1.49. The lowest BCUT2D eigenvalue weighted by Gasteiger charge is -2.61. The van der Waals surface area contributed by atoms with Crippen molar-refractivity contribution in [3.8, 4) is 0 Å². The molecule has 1 aromatic rings. The summed E-state index contributed by atoms with van der Waals surface area (Å²) in [7, 11) is 0. The molecule has 1 aromatic heterocycles. The molecule has 0 aliphatic heterocycles. The molecule has 0 saturated heterocycles. The van der Waals surface area contributed by atoms with Crippen LogP contribution in [0.5, 0.6) is 0 Å². The van der Waals surface area contributed by atoms with Crippen LogP contribution in [0.15, 0.2) is 6.20 Å². The van der Waals surface area contributed by atoms with Gasteiger partial charge in [-0.2, -0.15) is 0 Å². The normalized spacial score (nSPS) is 44.2. The molecule has 4 aliphatic carbocycles. The predicted molar refractivity (Wildman–Crippen MR) is 118 cm³/mol. The number of nitrogens with zero attached hydrogens (tertiary/aromatic N) is 3. The summed E-state index contributed by atoms with van der Waals surface area (Å²) in [5.41, 5.74) is 6.02. The van der Waals surface area contributed by atoms with E-state index in [1.54, 1.807) is 0 Å². The van der Waals surface area contributed by atoms with Crippen molar-refractivity contribution >= 4 is 11.7 Å². The average Bonchev–Trinajstić information content (AvgIpc) is 3.32. The highest BCUT2D eigenvalue weighted by atomic mass is 16.1. The van der Waals surface area contributed by atoms with Gasteiger partial charge in [0.1, 0.15) is 6.54 Å². The molecule has 6 nitrogen and oxygen atoms in total. The molecule has 4 fully saturated rings. The number of ketones is 1. The van der Waals surface area contributed by atoms with E-state index in [-0.39, 0.29) is 29.4 Å². The van der Waals surface area contributed by atoms with Gasteiger partial charge in [-0.15, -0.1) is 5.10 Å². The SMILES string of the molecule is CC1CCC2(C)C(CCC3C2CCC2(C)C(C(=O)Cn4cc(C(N)=O)nn4)CCC32)C1. The van der Waals surface area contributed by atoms with Gasteiger partial charge < -0.3 is 5.73 Å². The largest absolute Gasteiger partial charge is 0.364 e. The molecule has 0 bridgehead atoms. The topological polar surface area (TPSA) is 90.9 Å². The smallest absolute Gasteiger partial charge is 0.270 e. The first-order chi connectivity index (χ1) is 14.7. The zero-order chi connectivity index (χ0) is 22.0. The Morgan fingerprint density at radius 2 is 1.81 bits per heavy atom. The van der Waals surface area contributed by atoms with Gasteiger partial charge in [-0.3, -0.25) is 9.59 Å². The standard InChI is InChI=1S/C25H38N4O2/c1-15-8-10-24(2)16(12-15)4-5-17-18-6-7-20(25(18,3)11-9-19(17)24)22(30)14-29-13-21(23(26)31)27-28-29/h13,15-20H,4-12,14H2,1-3H3,(H2,26,31). The third-order valence-corrected chi connectivity index (χ3v) is 10.4. The molecule has 170 valence electrons. The first-order valence-electron chi connectivity index (χ1n) is 12.4. The van der Waals surface area contributed by atoms with Crippen molar-refractivity contribution in [2.45, 2.75) is 85.1 Å². The number of hydrogen-bond donors (Lipinski definition) is 1. The van der Waals surface area contributed by atoms with Crippen molar-refractivity contribution in [3.05, 3.63) is 11.9 Å². The van der Waals surface area contributed by atoms with Crippen molar-refractivity contribution in [2.24, 2.45) is 52.1 Å². The van der Waals surface area contributed by atoms with Gasteiger partial charge in [-0.25, -0.2) is 4.68 Å². The zero-order valence-corrected chi connectivity index (χ0v) is 19.3. The van der Waals surface area contributed by atoms with Gasteiger partial charge in [-0.1, -0.05) is 32.4 Å². The van der Waals surface area contributed by atoms with Crippen LogP contribution >= 0.6 is 0 Å². The van der Waals surface area contributed by atoms with Crippen LogP contribution in [0.4, 0.5) is 0 Å². The van der Waals surface area contributed by atoms with E-state index < -0.39 is 5.91 Å². The minimum Gasteiger partial charge on any atom is -0.364 e. The van der Waals surface area contributed by atoms with Crippen LogP contribution in [-0.4, -0.2) is 26.7 Å². The van der Waals surface area contributed by atoms with E-state index in [0.717, 1.165) is 30.1 Å². The second-order valence-electron chi connectivity index (χ2n) is 11.8. The molecule has 1 heterocycles. The molecule has 5 rings (SSSR count). The fourth-order valence-corrected chi connectivity index (χ4v) is 8.76. The Morgan fingerprint density at radius 1 is 1.06 bits per heavy atom. The lowest BCUT2D eigenvalue weighted by molar-refractivity contribution is -0.137. The summed E-state index contributed by atoms with van der Waals surface area (Å²) in [6.45, 7) is 7.65. The Labute approximate surface area is 185 Å². The van der Waals surface area contributed by atoms with Gasteiger partial charge >= 0.3 is 0 Å². The predicted octanol–water partition coefficient (Wildman–Crippen LogP) is 4.24. The Kier molecular flexibility index (Phi) is 5.06. The number of hydrogen-bond acceptors (Lipinski definition) is 4. The number of amides is 1. The highest BCUT2D eigenvalue weighted by molar-refractivity contribution is 5.90. The van der Waals surface area contributed by atoms with Crippen LogP contribution in [0.1, 0.15) is 89.0 Å². The Bertz CT molecular complexity index is 881. The van der Waals surface area contributed by atoms with Crippen LogP contribution in [0.2, 0.25) is 0 Å². The van der Waals surface area contributed by atoms with Crippen LogP contribution in [0.3, 0.4) is 0 Å². The summed E-state index contributed by atoms with van der Waals surface area (Å²) in [4.78, 5) is 24.6. The van der Waals surface area contributed by atoms with E-state index in [1.165, 1.54) is 62.2 Å². The van der Waals surface area contributed by atoms with Gasteiger partial charge in [0.25, 0.3) is 5.91 Å². The quantitative estimate of drug-likeness (QED) is 0.779. The van der Waals surface area contributed by atoms with Crippen molar-refractivity contribution in [1.29, 1.82) is 0 Å². The van der Waals surface area contributed by atoms with Crippen molar-refractivity contribution in [2.75, 3.05) is 0 Å². The maximum Gasteiger partial charge on any atom is 0.270 e. The van der Waals surface area contributed by atoms with Gasteiger partial charge in [0.05, 0.1) is 6.20 Å². The molecular formula is C25H38N4O2. The average molecular weight is 427 g/mol. The van der Waals surface area contributed by atoms with Crippen LogP contribution in [0.25, 0.3) is 0 Å².